The number of carboxylic acid groups (broad SMARTS) is 1. The average molecular weight is 248 g/mol. The molecule has 0 aromatic carbocycles. The van der Waals surface area contributed by atoms with Crippen molar-refractivity contribution in [1.82, 2.24) is 0 Å². The molecule has 0 saturated heterocycles. The molecule has 4 aliphatic carbocycles. The van der Waals surface area contributed by atoms with Crippen molar-refractivity contribution in [2.24, 2.45) is 35.5 Å². The van der Waals surface area contributed by atoms with Crippen LogP contribution < -0.4 is 0 Å². The van der Waals surface area contributed by atoms with Gasteiger partial charge in [0, 0.05) is 0 Å². The highest BCUT2D eigenvalue weighted by molar-refractivity contribution is 5.67. The van der Waals surface area contributed by atoms with Crippen LogP contribution in [0.15, 0.2) is 12.2 Å². The Bertz CT molecular complexity index is 330. The fraction of sp³-hybridized carbons (Fsp3) is 0.812. The predicted octanol–water partition coefficient (Wildman–Crippen LogP) is 3.73. The molecule has 100 valence electrons. The summed E-state index contributed by atoms with van der Waals surface area (Å²) < 4.78 is 0. The van der Waals surface area contributed by atoms with E-state index in [9.17, 15) is 4.79 Å². The quantitative estimate of drug-likeness (QED) is 0.770. The Labute approximate surface area is 109 Å². The van der Waals surface area contributed by atoms with E-state index in [1.54, 1.807) is 0 Å². The van der Waals surface area contributed by atoms with Crippen molar-refractivity contribution >= 4 is 5.97 Å². The first-order valence-corrected chi connectivity index (χ1v) is 7.52. The molecule has 0 aromatic rings. The molecule has 0 heterocycles. The fourth-order valence-electron chi connectivity index (χ4n) is 4.94. The van der Waals surface area contributed by atoms with Crippen LogP contribution in [0.3, 0.4) is 0 Å². The van der Waals surface area contributed by atoms with Crippen LogP contribution in [0.1, 0.15) is 45.4 Å². The van der Waals surface area contributed by atoms with Crippen LogP contribution in [-0.4, -0.2) is 11.1 Å². The highest BCUT2D eigenvalue weighted by atomic mass is 16.4. The molecule has 1 unspecified atom stereocenters. The summed E-state index contributed by atoms with van der Waals surface area (Å²) in [5, 5.41) is 8.79. The predicted molar refractivity (Wildman–Crippen MR) is 71.1 cm³/mol. The van der Waals surface area contributed by atoms with Crippen molar-refractivity contribution in [1.29, 1.82) is 0 Å². The summed E-state index contributed by atoms with van der Waals surface area (Å²) in [6, 6.07) is 0. The first-order valence-electron chi connectivity index (χ1n) is 7.52. The third-order valence-electron chi connectivity index (χ3n) is 5.46. The van der Waals surface area contributed by atoms with E-state index in [0.29, 0.717) is 0 Å². The summed E-state index contributed by atoms with van der Waals surface area (Å²) in [4.78, 5) is 10.7. The molecule has 0 aromatic heterocycles. The van der Waals surface area contributed by atoms with Crippen molar-refractivity contribution in [3.63, 3.8) is 0 Å². The standard InChI is InChI=1S/C16H24O2/c1-10(4-16(17)18)2-3-15-13-6-11-5-12(8-13)9-14(15)7-11/h2-3,10-15H,4-9H2,1H3,(H,17,18)/b3-2-. The van der Waals surface area contributed by atoms with E-state index >= 15 is 0 Å². The summed E-state index contributed by atoms with van der Waals surface area (Å²) in [5.74, 6) is 4.12. The van der Waals surface area contributed by atoms with Gasteiger partial charge >= 0.3 is 5.97 Å². The van der Waals surface area contributed by atoms with Crippen molar-refractivity contribution in [3.8, 4) is 0 Å². The van der Waals surface area contributed by atoms with Gasteiger partial charge in [-0.2, -0.15) is 0 Å². The maximum atomic E-state index is 10.7. The number of rotatable bonds is 4. The number of carboxylic acids is 1. The molecule has 2 heteroatoms. The van der Waals surface area contributed by atoms with E-state index in [2.05, 4.69) is 12.2 Å². The van der Waals surface area contributed by atoms with Gasteiger partial charge in [0.25, 0.3) is 0 Å². The maximum absolute atomic E-state index is 10.7. The number of hydrogen-bond donors (Lipinski definition) is 1. The van der Waals surface area contributed by atoms with Crippen molar-refractivity contribution < 1.29 is 9.90 Å². The largest absolute Gasteiger partial charge is 0.481 e. The van der Waals surface area contributed by atoms with Gasteiger partial charge < -0.3 is 5.11 Å². The molecule has 4 aliphatic rings. The molecule has 0 aliphatic heterocycles. The van der Waals surface area contributed by atoms with Gasteiger partial charge in [0.15, 0.2) is 0 Å². The van der Waals surface area contributed by atoms with Crippen LogP contribution in [0.2, 0.25) is 0 Å². The summed E-state index contributed by atoms with van der Waals surface area (Å²) in [6.07, 6.45) is 12.1. The number of hydrogen-bond acceptors (Lipinski definition) is 1. The lowest BCUT2D eigenvalue weighted by Crippen LogP contribution is -2.44. The smallest absolute Gasteiger partial charge is 0.303 e. The third kappa shape index (κ3) is 2.34. The van der Waals surface area contributed by atoms with Crippen LogP contribution in [0.25, 0.3) is 0 Å². The Hall–Kier alpha value is -0.790. The molecule has 4 saturated carbocycles. The lowest BCUT2D eigenvalue weighted by Gasteiger charge is -2.53. The molecule has 2 nitrogen and oxygen atoms in total. The van der Waals surface area contributed by atoms with Crippen molar-refractivity contribution in [2.75, 3.05) is 0 Å². The third-order valence-corrected chi connectivity index (χ3v) is 5.46. The zero-order valence-corrected chi connectivity index (χ0v) is 11.2. The molecule has 0 amide bonds. The summed E-state index contributed by atoms with van der Waals surface area (Å²) >= 11 is 0. The molecule has 18 heavy (non-hydrogen) atoms. The molecule has 1 atom stereocenters. The van der Waals surface area contributed by atoms with Crippen LogP contribution in [0.4, 0.5) is 0 Å². The van der Waals surface area contributed by atoms with Crippen LogP contribution >= 0.6 is 0 Å². The van der Waals surface area contributed by atoms with Gasteiger partial charge in [-0.25, -0.2) is 0 Å². The Morgan fingerprint density at radius 2 is 1.72 bits per heavy atom. The van der Waals surface area contributed by atoms with Gasteiger partial charge in [0.1, 0.15) is 0 Å². The minimum atomic E-state index is -0.683. The van der Waals surface area contributed by atoms with E-state index in [4.69, 9.17) is 5.11 Å². The van der Waals surface area contributed by atoms with Gasteiger partial charge in [-0.3, -0.25) is 4.79 Å². The SMILES string of the molecule is CC(/C=C\C1C2CC3CC(C2)CC1C3)CC(=O)O. The van der Waals surface area contributed by atoms with Gasteiger partial charge in [-0.1, -0.05) is 19.1 Å². The van der Waals surface area contributed by atoms with Crippen molar-refractivity contribution in [3.05, 3.63) is 12.2 Å². The highest BCUT2D eigenvalue weighted by Gasteiger charge is 2.46. The van der Waals surface area contributed by atoms with Crippen LogP contribution in [0.5, 0.6) is 0 Å². The van der Waals surface area contributed by atoms with Gasteiger partial charge in [0.2, 0.25) is 0 Å². The monoisotopic (exact) mass is 248 g/mol. The van der Waals surface area contributed by atoms with Gasteiger partial charge in [-0.05, 0) is 67.6 Å². The number of carbonyl (C=O) groups is 1. The normalized spacial score (nSPS) is 43.5. The molecular weight excluding hydrogens is 224 g/mol. The molecule has 0 radical (unpaired) electrons. The number of aliphatic carboxylic acids is 1. The summed E-state index contributed by atoms with van der Waals surface area (Å²) in [6.45, 7) is 2.01. The lowest BCUT2D eigenvalue weighted by atomic mass is 9.52. The Kier molecular flexibility index (Phi) is 3.21. The van der Waals surface area contributed by atoms with Crippen LogP contribution in [-0.2, 0) is 4.79 Å². The molecule has 1 N–H and O–H groups in total. The Morgan fingerprint density at radius 1 is 1.17 bits per heavy atom. The molecule has 4 fully saturated rings. The topological polar surface area (TPSA) is 37.3 Å². The zero-order valence-electron chi connectivity index (χ0n) is 11.2. The van der Waals surface area contributed by atoms with E-state index in [1.807, 2.05) is 6.92 Å². The number of allylic oxidation sites excluding steroid dienone is 2. The second kappa shape index (κ2) is 4.71. The van der Waals surface area contributed by atoms with E-state index < -0.39 is 5.97 Å². The van der Waals surface area contributed by atoms with Gasteiger partial charge in [0.05, 0.1) is 6.42 Å². The molecule has 4 bridgehead atoms. The minimum Gasteiger partial charge on any atom is -0.481 e. The van der Waals surface area contributed by atoms with E-state index in [-0.39, 0.29) is 12.3 Å². The Morgan fingerprint density at radius 3 is 2.22 bits per heavy atom. The van der Waals surface area contributed by atoms with Gasteiger partial charge in [-0.15, -0.1) is 0 Å². The zero-order chi connectivity index (χ0) is 12.7. The average Bonchev–Trinajstić information content (AvgIpc) is 2.25. The Balaban J connectivity index is 1.63. The lowest BCUT2D eigenvalue weighted by molar-refractivity contribution is -0.137. The van der Waals surface area contributed by atoms with E-state index in [0.717, 1.165) is 29.6 Å². The second-order valence-electron chi connectivity index (χ2n) is 6.97. The van der Waals surface area contributed by atoms with E-state index in [1.165, 1.54) is 32.1 Å². The molecular formula is C16H24O2. The van der Waals surface area contributed by atoms with Crippen molar-refractivity contribution in [2.45, 2.75) is 45.4 Å². The minimum absolute atomic E-state index is 0.180. The highest BCUT2D eigenvalue weighted by Crippen LogP contribution is 2.56. The van der Waals surface area contributed by atoms with Crippen LogP contribution in [0, 0.1) is 35.5 Å². The fourth-order valence-corrected chi connectivity index (χ4v) is 4.94. The first kappa shape index (κ1) is 12.3. The summed E-state index contributed by atoms with van der Waals surface area (Å²) in [7, 11) is 0. The second-order valence-corrected chi connectivity index (χ2v) is 6.97. The molecule has 0 spiro atoms. The first-order chi connectivity index (χ1) is 8.61. The molecule has 4 rings (SSSR count). The maximum Gasteiger partial charge on any atom is 0.303 e. The summed E-state index contributed by atoms with van der Waals surface area (Å²) in [5.41, 5.74) is 0.